The molecule has 1 aromatic rings. The first kappa shape index (κ1) is 19.0. The molecule has 0 saturated carbocycles. The summed E-state index contributed by atoms with van der Waals surface area (Å²) in [6, 6.07) is 4.21. The third kappa shape index (κ3) is 5.96. The van der Waals surface area contributed by atoms with Crippen molar-refractivity contribution in [2.24, 2.45) is 10.9 Å². The number of thiophene rings is 1. The molecule has 2 N–H and O–H groups in total. The highest BCUT2D eigenvalue weighted by Crippen LogP contribution is 2.14. The Morgan fingerprint density at radius 3 is 2.59 bits per heavy atom. The van der Waals surface area contributed by atoms with Crippen LogP contribution in [0.5, 0.6) is 0 Å². The molecular weight excluding hydrogens is 318 g/mol. The lowest BCUT2D eigenvalue weighted by atomic mass is 10.1. The maximum Gasteiger partial charge on any atom is 0.191 e. The minimum atomic E-state index is -3.12. The van der Waals surface area contributed by atoms with Crippen LogP contribution in [-0.2, 0) is 16.3 Å². The van der Waals surface area contributed by atoms with E-state index < -0.39 is 14.6 Å². The lowest BCUT2D eigenvalue weighted by Crippen LogP contribution is -2.48. The van der Waals surface area contributed by atoms with Crippen LogP contribution in [0.1, 0.15) is 25.6 Å². The number of rotatable bonds is 7. The molecule has 0 amide bonds. The summed E-state index contributed by atoms with van der Waals surface area (Å²) in [4.78, 5) is 5.52. The molecule has 7 heteroatoms. The average molecular weight is 346 g/mol. The quantitative estimate of drug-likeness (QED) is 0.585. The first-order valence-electron chi connectivity index (χ1n) is 7.32. The first-order chi connectivity index (χ1) is 10.2. The van der Waals surface area contributed by atoms with E-state index in [1.54, 1.807) is 32.2 Å². The van der Waals surface area contributed by atoms with Crippen molar-refractivity contribution in [3.63, 3.8) is 0 Å². The Hall–Kier alpha value is -1.08. The van der Waals surface area contributed by atoms with Crippen LogP contribution in [-0.4, -0.2) is 45.5 Å². The van der Waals surface area contributed by atoms with Gasteiger partial charge < -0.3 is 10.6 Å². The van der Waals surface area contributed by atoms with E-state index in [-0.39, 0.29) is 0 Å². The summed E-state index contributed by atoms with van der Waals surface area (Å²) in [5, 5.41) is 8.43. The van der Waals surface area contributed by atoms with Gasteiger partial charge in [0.25, 0.3) is 0 Å². The molecule has 126 valence electrons. The summed E-state index contributed by atoms with van der Waals surface area (Å²) < 4.78 is 22.6. The van der Waals surface area contributed by atoms with Gasteiger partial charge in [0.1, 0.15) is 0 Å². The second-order valence-corrected chi connectivity index (χ2v) is 9.91. The summed E-state index contributed by atoms with van der Waals surface area (Å²) in [7, 11) is -1.43. The minimum Gasteiger partial charge on any atom is -0.356 e. The van der Waals surface area contributed by atoms with E-state index in [9.17, 15) is 8.42 Å². The number of guanidine groups is 1. The summed E-state index contributed by atoms with van der Waals surface area (Å²) >= 11 is 1.77. The number of hydrogen-bond acceptors (Lipinski definition) is 4. The van der Waals surface area contributed by atoms with Gasteiger partial charge in [-0.3, -0.25) is 4.99 Å². The molecule has 0 saturated heterocycles. The van der Waals surface area contributed by atoms with Gasteiger partial charge in [0.05, 0.1) is 4.75 Å². The van der Waals surface area contributed by atoms with Crippen molar-refractivity contribution in [1.82, 2.24) is 10.6 Å². The lowest BCUT2D eigenvalue weighted by molar-refractivity contribution is 0.537. The van der Waals surface area contributed by atoms with E-state index in [2.05, 4.69) is 40.1 Å². The third-order valence-electron chi connectivity index (χ3n) is 3.66. The SMILES string of the molecule is CN=C(NCC(C)Cc1cccs1)NCC(C)(C)S(C)(=O)=O. The Balaban J connectivity index is 2.43. The Kier molecular flexibility index (Phi) is 6.87. The predicted octanol–water partition coefficient (Wildman–Crippen LogP) is 1.91. The van der Waals surface area contributed by atoms with Gasteiger partial charge in [-0.15, -0.1) is 11.3 Å². The second kappa shape index (κ2) is 7.97. The highest BCUT2D eigenvalue weighted by Gasteiger charge is 2.30. The smallest absolute Gasteiger partial charge is 0.191 e. The maximum atomic E-state index is 11.7. The number of nitrogens with zero attached hydrogens (tertiary/aromatic N) is 1. The van der Waals surface area contributed by atoms with Crippen LogP contribution in [0.3, 0.4) is 0 Å². The van der Waals surface area contributed by atoms with Gasteiger partial charge in [-0.25, -0.2) is 8.42 Å². The van der Waals surface area contributed by atoms with Crippen molar-refractivity contribution in [2.75, 3.05) is 26.4 Å². The Morgan fingerprint density at radius 2 is 2.09 bits per heavy atom. The lowest BCUT2D eigenvalue weighted by Gasteiger charge is -2.24. The Labute approximate surface area is 138 Å². The second-order valence-electron chi connectivity index (χ2n) is 6.23. The molecule has 22 heavy (non-hydrogen) atoms. The van der Waals surface area contributed by atoms with Gasteiger partial charge in [-0.05, 0) is 37.6 Å². The van der Waals surface area contributed by atoms with Crippen LogP contribution >= 0.6 is 11.3 Å². The van der Waals surface area contributed by atoms with Crippen LogP contribution in [0, 0.1) is 5.92 Å². The fourth-order valence-electron chi connectivity index (χ4n) is 1.76. The summed E-state index contributed by atoms with van der Waals surface area (Å²) in [6.45, 7) is 6.71. The van der Waals surface area contributed by atoms with Crippen LogP contribution < -0.4 is 10.6 Å². The topological polar surface area (TPSA) is 70.6 Å². The molecule has 1 atom stereocenters. The number of nitrogens with one attached hydrogen (secondary N) is 2. The van der Waals surface area contributed by atoms with Crippen LogP contribution in [0.25, 0.3) is 0 Å². The molecule has 1 unspecified atom stereocenters. The molecule has 0 aliphatic heterocycles. The third-order valence-corrected chi connectivity index (χ3v) is 6.71. The zero-order chi connectivity index (χ0) is 16.8. The molecule has 0 aromatic carbocycles. The maximum absolute atomic E-state index is 11.7. The predicted molar refractivity (Wildman–Crippen MR) is 95.5 cm³/mol. The zero-order valence-corrected chi connectivity index (χ0v) is 15.6. The van der Waals surface area contributed by atoms with Gasteiger partial charge in [0.15, 0.2) is 15.8 Å². The standard InChI is InChI=1S/C15H27N3O2S2/c1-12(9-13-7-6-8-21-13)10-17-14(16-4)18-11-15(2,3)22(5,19)20/h6-8,12H,9-11H2,1-5H3,(H2,16,17,18). The fraction of sp³-hybridized carbons (Fsp3) is 0.667. The van der Waals surface area contributed by atoms with Crippen LogP contribution in [0.4, 0.5) is 0 Å². The van der Waals surface area contributed by atoms with E-state index in [0.29, 0.717) is 18.4 Å². The normalized spacial score (nSPS) is 14.7. The molecule has 0 aliphatic rings. The monoisotopic (exact) mass is 345 g/mol. The largest absolute Gasteiger partial charge is 0.356 e. The van der Waals surface area contributed by atoms with Gasteiger partial charge in [0.2, 0.25) is 0 Å². The molecular formula is C15H27N3O2S2. The summed E-state index contributed by atoms with van der Waals surface area (Å²) in [5.41, 5.74) is 0. The molecule has 0 aliphatic carbocycles. The van der Waals surface area contributed by atoms with Gasteiger partial charge in [-0.2, -0.15) is 0 Å². The Morgan fingerprint density at radius 1 is 1.41 bits per heavy atom. The number of aliphatic imine (C=N–C) groups is 1. The average Bonchev–Trinajstić information content (AvgIpc) is 2.90. The van der Waals surface area contributed by atoms with E-state index >= 15 is 0 Å². The van der Waals surface area contributed by atoms with Crippen molar-refractivity contribution in [1.29, 1.82) is 0 Å². The van der Waals surface area contributed by atoms with E-state index in [1.807, 2.05) is 0 Å². The van der Waals surface area contributed by atoms with Crippen molar-refractivity contribution in [3.05, 3.63) is 22.4 Å². The number of hydrogen-bond donors (Lipinski definition) is 2. The molecule has 1 aromatic heterocycles. The molecule has 0 spiro atoms. The van der Waals surface area contributed by atoms with Gasteiger partial charge >= 0.3 is 0 Å². The summed E-state index contributed by atoms with van der Waals surface area (Å²) in [5.74, 6) is 1.11. The van der Waals surface area contributed by atoms with E-state index in [1.165, 1.54) is 11.1 Å². The molecule has 0 radical (unpaired) electrons. The number of sulfone groups is 1. The van der Waals surface area contributed by atoms with Crippen molar-refractivity contribution in [2.45, 2.75) is 31.9 Å². The van der Waals surface area contributed by atoms with Gasteiger partial charge in [0, 0.05) is 31.3 Å². The van der Waals surface area contributed by atoms with Crippen LogP contribution in [0.15, 0.2) is 22.5 Å². The van der Waals surface area contributed by atoms with E-state index in [0.717, 1.165) is 13.0 Å². The summed E-state index contributed by atoms with van der Waals surface area (Å²) in [6.07, 6.45) is 2.28. The molecule has 1 rings (SSSR count). The minimum absolute atomic E-state index is 0.324. The fourth-order valence-corrected chi connectivity index (χ4v) is 2.97. The molecule has 0 bridgehead atoms. The molecule has 0 fully saturated rings. The van der Waals surface area contributed by atoms with Gasteiger partial charge in [-0.1, -0.05) is 13.0 Å². The van der Waals surface area contributed by atoms with Crippen molar-refractivity contribution in [3.8, 4) is 0 Å². The van der Waals surface area contributed by atoms with E-state index in [4.69, 9.17) is 0 Å². The zero-order valence-electron chi connectivity index (χ0n) is 14.0. The first-order valence-corrected chi connectivity index (χ1v) is 10.1. The highest BCUT2D eigenvalue weighted by molar-refractivity contribution is 7.92. The molecule has 1 heterocycles. The van der Waals surface area contributed by atoms with Crippen LogP contribution in [0.2, 0.25) is 0 Å². The Bertz CT molecular complexity index is 578. The molecule has 5 nitrogen and oxygen atoms in total. The van der Waals surface area contributed by atoms with Crippen molar-refractivity contribution < 1.29 is 8.42 Å². The van der Waals surface area contributed by atoms with Crippen molar-refractivity contribution >= 4 is 27.1 Å². The highest BCUT2D eigenvalue weighted by atomic mass is 32.2.